The molecule has 0 heterocycles. The second kappa shape index (κ2) is 10.0. The highest BCUT2D eigenvalue weighted by Crippen LogP contribution is 2.36. The number of hydrogen-bond donors (Lipinski definition) is 0. The summed E-state index contributed by atoms with van der Waals surface area (Å²) in [6.45, 7) is 4.90. The average molecular weight is 359 g/mol. The number of rotatable bonds is 5. The highest BCUT2D eigenvalue weighted by atomic mass is 16.5. The summed E-state index contributed by atoms with van der Waals surface area (Å²) in [7, 11) is 0. The molecule has 1 saturated carbocycles. The fourth-order valence-corrected chi connectivity index (χ4v) is 3.78. The van der Waals surface area contributed by atoms with Crippen molar-refractivity contribution < 1.29 is 4.74 Å². The molecule has 0 amide bonds. The van der Waals surface area contributed by atoms with E-state index in [-0.39, 0.29) is 0 Å². The lowest BCUT2D eigenvalue weighted by molar-refractivity contribution is 0.340. The van der Waals surface area contributed by atoms with Crippen LogP contribution in [0.25, 0.3) is 0 Å². The fourth-order valence-electron chi connectivity index (χ4n) is 3.78. The number of aryl methyl sites for hydroxylation is 1. The molecule has 1 aliphatic rings. The summed E-state index contributed by atoms with van der Waals surface area (Å²) >= 11 is 0. The maximum absolute atomic E-state index is 5.46. The van der Waals surface area contributed by atoms with Crippen molar-refractivity contribution in [3.63, 3.8) is 0 Å². The zero-order chi connectivity index (χ0) is 18.9. The van der Waals surface area contributed by atoms with Crippen molar-refractivity contribution in [1.29, 1.82) is 0 Å². The molecule has 2 aromatic rings. The molecule has 0 unspecified atom stereocenters. The van der Waals surface area contributed by atoms with Crippen LogP contribution in [-0.2, 0) is 6.42 Å². The molecule has 0 bridgehead atoms. The van der Waals surface area contributed by atoms with Gasteiger partial charge in [0.15, 0.2) is 0 Å². The van der Waals surface area contributed by atoms with Gasteiger partial charge in [-0.2, -0.15) is 0 Å². The van der Waals surface area contributed by atoms with Gasteiger partial charge in [0.05, 0.1) is 6.61 Å². The van der Waals surface area contributed by atoms with Crippen molar-refractivity contribution in [2.24, 2.45) is 5.92 Å². The maximum atomic E-state index is 5.46. The van der Waals surface area contributed by atoms with Gasteiger partial charge in [0, 0.05) is 5.56 Å². The molecular formula is C26H30O. The van der Waals surface area contributed by atoms with Gasteiger partial charge in [0.2, 0.25) is 0 Å². The van der Waals surface area contributed by atoms with E-state index in [0.29, 0.717) is 12.5 Å². The Morgan fingerprint density at radius 3 is 2.26 bits per heavy atom. The zero-order valence-corrected chi connectivity index (χ0v) is 16.6. The Kier molecular flexibility index (Phi) is 7.17. The molecule has 0 aromatic heterocycles. The minimum Gasteiger partial charge on any atom is -0.494 e. The minimum absolute atomic E-state index is 0.672. The van der Waals surface area contributed by atoms with E-state index >= 15 is 0 Å². The second-order valence-electron chi connectivity index (χ2n) is 7.29. The first kappa shape index (κ1) is 19.3. The van der Waals surface area contributed by atoms with Crippen molar-refractivity contribution in [2.75, 3.05) is 6.61 Å². The normalized spacial score (nSPS) is 19.5. The Morgan fingerprint density at radius 1 is 0.926 bits per heavy atom. The third-order valence-electron chi connectivity index (χ3n) is 5.46. The van der Waals surface area contributed by atoms with Crippen LogP contribution in [0, 0.1) is 17.8 Å². The lowest BCUT2D eigenvalue weighted by Crippen LogP contribution is -2.11. The Bertz CT molecular complexity index is 779. The molecule has 0 saturated heterocycles. The van der Waals surface area contributed by atoms with Gasteiger partial charge in [-0.1, -0.05) is 49.1 Å². The van der Waals surface area contributed by atoms with Crippen LogP contribution in [0.5, 0.6) is 5.75 Å². The number of allylic oxidation sites excluding steroid dienone is 2. The van der Waals surface area contributed by atoms with E-state index in [0.717, 1.165) is 23.7 Å². The highest BCUT2D eigenvalue weighted by Gasteiger charge is 2.20. The smallest absolute Gasteiger partial charge is 0.119 e. The molecule has 27 heavy (non-hydrogen) atoms. The van der Waals surface area contributed by atoms with Gasteiger partial charge >= 0.3 is 0 Å². The van der Waals surface area contributed by atoms with Crippen LogP contribution in [0.2, 0.25) is 0 Å². The third-order valence-corrected chi connectivity index (χ3v) is 5.46. The van der Waals surface area contributed by atoms with Gasteiger partial charge in [0.25, 0.3) is 0 Å². The molecule has 2 aromatic carbocycles. The number of hydrogen-bond acceptors (Lipinski definition) is 1. The van der Waals surface area contributed by atoms with Crippen molar-refractivity contribution >= 4 is 0 Å². The molecule has 0 radical (unpaired) electrons. The third kappa shape index (κ3) is 5.76. The lowest BCUT2D eigenvalue weighted by Gasteiger charge is -2.27. The van der Waals surface area contributed by atoms with Gasteiger partial charge in [0.1, 0.15) is 5.75 Å². The SMILES string of the molecule is CCOc1ccc(C#CC=CC2CCC(c3ccc(CC)cc3)CC2)cc1. The monoisotopic (exact) mass is 358 g/mol. The molecule has 0 atom stereocenters. The maximum Gasteiger partial charge on any atom is 0.119 e. The van der Waals surface area contributed by atoms with Crippen LogP contribution >= 0.6 is 0 Å². The molecule has 0 spiro atoms. The lowest BCUT2D eigenvalue weighted by atomic mass is 9.78. The number of ether oxygens (including phenoxy) is 1. The zero-order valence-electron chi connectivity index (χ0n) is 16.6. The summed E-state index contributed by atoms with van der Waals surface area (Å²) in [6, 6.07) is 17.2. The van der Waals surface area contributed by atoms with Crippen molar-refractivity contribution in [3.05, 3.63) is 77.4 Å². The minimum atomic E-state index is 0.672. The molecule has 1 nitrogen and oxygen atoms in total. The Labute approximate surface area is 164 Å². The van der Waals surface area contributed by atoms with Gasteiger partial charge in [-0.3, -0.25) is 0 Å². The van der Waals surface area contributed by atoms with Crippen LogP contribution in [0.1, 0.15) is 62.1 Å². The summed E-state index contributed by atoms with van der Waals surface area (Å²) in [5, 5.41) is 0. The molecule has 0 aliphatic heterocycles. The molecule has 140 valence electrons. The van der Waals surface area contributed by atoms with Gasteiger partial charge in [-0.15, -0.1) is 0 Å². The Balaban J connectivity index is 1.47. The summed E-state index contributed by atoms with van der Waals surface area (Å²) in [4.78, 5) is 0. The predicted molar refractivity (Wildman–Crippen MR) is 114 cm³/mol. The van der Waals surface area contributed by atoms with E-state index in [2.05, 4.69) is 49.1 Å². The number of benzene rings is 2. The van der Waals surface area contributed by atoms with Gasteiger partial charge in [-0.05, 0) is 92.3 Å². The highest BCUT2D eigenvalue weighted by molar-refractivity contribution is 5.40. The van der Waals surface area contributed by atoms with E-state index in [1.807, 2.05) is 37.3 Å². The standard InChI is InChI=1S/C26H30O/c1-3-21-9-15-24(16-10-21)25-17-11-22(12-18-25)7-5-6-8-23-13-19-26(20-14-23)27-4-2/h5,7,9-10,13-16,19-20,22,25H,3-4,11-12,17-18H2,1-2H3. The topological polar surface area (TPSA) is 9.23 Å². The summed E-state index contributed by atoms with van der Waals surface area (Å²) < 4.78 is 5.46. The summed E-state index contributed by atoms with van der Waals surface area (Å²) in [5.41, 5.74) is 3.98. The quantitative estimate of drug-likeness (QED) is 0.552. The van der Waals surface area contributed by atoms with Crippen LogP contribution < -0.4 is 4.74 Å². The molecule has 1 fully saturated rings. The van der Waals surface area contributed by atoms with Gasteiger partial charge < -0.3 is 4.74 Å². The van der Waals surface area contributed by atoms with E-state index in [4.69, 9.17) is 4.74 Å². The summed E-state index contributed by atoms with van der Waals surface area (Å²) in [6.07, 6.45) is 10.6. The first-order chi connectivity index (χ1) is 13.3. The van der Waals surface area contributed by atoms with E-state index in [1.54, 1.807) is 0 Å². The van der Waals surface area contributed by atoms with Crippen molar-refractivity contribution in [1.82, 2.24) is 0 Å². The van der Waals surface area contributed by atoms with Gasteiger partial charge in [-0.25, -0.2) is 0 Å². The largest absolute Gasteiger partial charge is 0.494 e. The summed E-state index contributed by atoms with van der Waals surface area (Å²) in [5.74, 6) is 8.70. The van der Waals surface area contributed by atoms with Crippen molar-refractivity contribution in [2.45, 2.75) is 51.9 Å². The van der Waals surface area contributed by atoms with Crippen LogP contribution in [0.15, 0.2) is 60.7 Å². The second-order valence-corrected chi connectivity index (χ2v) is 7.29. The van der Waals surface area contributed by atoms with E-state index < -0.39 is 0 Å². The average Bonchev–Trinajstić information content (AvgIpc) is 2.73. The van der Waals surface area contributed by atoms with E-state index in [1.165, 1.54) is 36.8 Å². The molecule has 3 rings (SSSR count). The first-order valence-corrected chi connectivity index (χ1v) is 10.3. The predicted octanol–water partition coefficient (Wildman–Crippen LogP) is 6.53. The Hall–Kier alpha value is -2.46. The van der Waals surface area contributed by atoms with Crippen molar-refractivity contribution in [3.8, 4) is 17.6 Å². The molecule has 1 heteroatoms. The fraction of sp³-hybridized carbons (Fsp3) is 0.385. The van der Waals surface area contributed by atoms with Crippen LogP contribution in [-0.4, -0.2) is 6.61 Å². The van der Waals surface area contributed by atoms with Crippen LogP contribution in [0.3, 0.4) is 0 Å². The molecular weight excluding hydrogens is 328 g/mol. The van der Waals surface area contributed by atoms with E-state index in [9.17, 15) is 0 Å². The molecule has 1 aliphatic carbocycles. The Morgan fingerprint density at radius 2 is 1.63 bits per heavy atom. The molecule has 0 N–H and O–H groups in total. The van der Waals surface area contributed by atoms with Crippen LogP contribution in [0.4, 0.5) is 0 Å². The first-order valence-electron chi connectivity index (χ1n) is 10.3.